The fourth-order valence-electron chi connectivity index (χ4n) is 3.09. The maximum Gasteiger partial charge on any atom is 0.263 e. The molecule has 0 unspecified atom stereocenters. The molecule has 0 aliphatic heterocycles. The summed E-state index contributed by atoms with van der Waals surface area (Å²) in [5, 5.41) is 8.16. The molecule has 0 saturated carbocycles. The molecule has 0 fully saturated rings. The summed E-state index contributed by atoms with van der Waals surface area (Å²) in [6.45, 7) is 4.43. The Morgan fingerprint density at radius 1 is 1.17 bits per heavy atom. The van der Waals surface area contributed by atoms with Crippen molar-refractivity contribution in [3.05, 3.63) is 65.9 Å². The van der Waals surface area contributed by atoms with Crippen LogP contribution in [0.15, 0.2) is 64.5 Å². The number of carbonyl (C=O) groups is 1. The third-order valence-electron chi connectivity index (χ3n) is 4.61. The van der Waals surface area contributed by atoms with Crippen molar-refractivity contribution in [1.29, 1.82) is 0 Å². The number of nitrogens with zero attached hydrogens (tertiary/aromatic N) is 3. The third kappa shape index (κ3) is 4.30. The van der Waals surface area contributed by atoms with Gasteiger partial charge in [-0.25, -0.2) is 0 Å². The second kappa shape index (κ2) is 8.45. The topological polar surface area (TPSA) is 68.5 Å². The molecule has 0 aliphatic rings. The smallest absolute Gasteiger partial charge is 0.263 e. The monoisotopic (exact) mass is 407 g/mol. The molecule has 4 rings (SSSR count). The van der Waals surface area contributed by atoms with Crippen LogP contribution >= 0.6 is 11.3 Å². The van der Waals surface area contributed by atoms with E-state index in [9.17, 15) is 4.79 Å². The number of benzene rings is 2. The first-order valence-electron chi connectivity index (χ1n) is 9.44. The van der Waals surface area contributed by atoms with Gasteiger partial charge in [-0.2, -0.15) is 4.98 Å². The summed E-state index contributed by atoms with van der Waals surface area (Å²) in [4.78, 5) is 19.9. The van der Waals surface area contributed by atoms with Gasteiger partial charge < -0.3 is 14.2 Å². The van der Waals surface area contributed by atoms with Gasteiger partial charge in [0.1, 0.15) is 12.3 Å². The molecule has 29 heavy (non-hydrogen) atoms. The maximum absolute atomic E-state index is 12.9. The summed E-state index contributed by atoms with van der Waals surface area (Å²) < 4.78 is 11.2. The lowest BCUT2D eigenvalue weighted by atomic mass is 10.1. The van der Waals surface area contributed by atoms with Crippen LogP contribution in [-0.4, -0.2) is 33.6 Å². The number of likely N-dealkylation sites (N-methyl/N-ethyl adjacent to an activating group) is 1. The van der Waals surface area contributed by atoms with E-state index in [2.05, 4.69) is 10.1 Å². The van der Waals surface area contributed by atoms with Gasteiger partial charge in [0.25, 0.3) is 5.91 Å². The fraction of sp³-hybridized carbons (Fsp3) is 0.227. The van der Waals surface area contributed by atoms with Gasteiger partial charge in [0.15, 0.2) is 6.10 Å². The van der Waals surface area contributed by atoms with Crippen LogP contribution in [0, 0.1) is 0 Å². The molecule has 0 saturated heterocycles. The van der Waals surface area contributed by atoms with Gasteiger partial charge in [0.2, 0.25) is 11.7 Å². The van der Waals surface area contributed by atoms with Crippen LogP contribution in [0.5, 0.6) is 5.75 Å². The Labute approximate surface area is 172 Å². The number of ether oxygens (including phenoxy) is 1. The predicted octanol–water partition coefficient (Wildman–Crippen LogP) is 4.77. The molecule has 0 radical (unpaired) electrons. The van der Waals surface area contributed by atoms with E-state index < -0.39 is 6.10 Å². The van der Waals surface area contributed by atoms with Gasteiger partial charge in [0, 0.05) is 6.54 Å². The third-order valence-corrected chi connectivity index (χ3v) is 5.48. The van der Waals surface area contributed by atoms with E-state index in [1.807, 2.05) is 66.9 Å². The van der Waals surface area contributed by atoms with Crippen molar-refractivity contribution in [2.45, 2.75) is 26.5 Å². The second-order valence-corrected chi connectivity index (χ2v) is 7.56. The van der Waals surface area contributed by atoms with Crippen molar-refractivity contribution >= 4 is 28.0 Å². The number of carbonyl (C=O) groups excluding carboxylic acids is 1. The van der Waals surface area contributed by atoms with E-state index in [4.69, 9.17) is 9.26 Å². The molecule has 0 N–H and O–H groups in total. The second-order valence-electron chi connectivity index (χ2n) is 6.61. The van der Waals surface area contributed by atoms with Crippen molar-refractivity contribution < 1.29 is 14.1 Å². The lowest BCUT2D eigenvalue weighted by Crippen LogP contribution is -2.40. The van der Waals surface area contributed by atoms with Crippen LogP contribution < -0.4 is 4.74 Å². The quantitative estimate of drug-likeness (QED) is 0.441. The van der Waals surface area contributed by atoms with Gasteiger partial charge in [-0.3, -0.25) is 4.79 Å². The Bertz CT molecular complexity index is 1110. The Hall–Kier alpha value is -3.19. The minimum Gasteiger partial charge on any atom is -0.481 e. The molecular formula is C22H21N3O3S. The minimum atomic E-state index is -0.629. The average Bonchev–Trinajstić information content (AvgIpc) is 3.43. The number of rotatable bonds is 7. The Kier molecular flexibility index (Phi) is 5.57. The number of aromatic nitrogens is 2. The van der Waals surface area contributed by atoms with E-state index >= 15 is 0 Å². The lowest BCUT2D eigenvalue weighted by Gasteiger charge is -2.23. The van der Waals surface area contributed by atoms with Crippen LogP contribution in [0.2, 0.25) is 0 Å². The van der Waals surface area contributed by atoms with E-state index in [0.717, 1.165) is 15.6 Å². The summed E-state index contributed by atoms with van der Waals surface area (Å²) in [5.41, 5.74) is 0. The van der Waals surface area contributed by atoms with Gasteiger partial charge in [-0.05, 0) is 48.2 Å². The van der Waals surface area contributed by atoms with Gasteiger partial charge in [0.05, 0.1) is 4.88 Å². The number of thiophene rings is 1. The van der Waals surface area contributed by atoms with E-state index in [1.165, 1.54) is 0 Å². The molecular weight excluding hydrogens is 386 g/mol. The van der Waals surface area contributed by atoms with Gasteiger partial charge >= 0.3 is 0 Å². The zero-order valence-corrected chi connectivity index (χ0v) is 17.1. The highest BCUT2D eigenvalue weighted by atomic mass is 32.1. The van der Waals surface area contributed by atoms with Crippen LogP contribution in [-0.2, 0) is 11.3 Å². The summed E-state index contributed by atoms with van der Waals surface area (Å²) >= 11 is 1.54. The first kappa shape index (κ1) is 19.1. The summed E-state index contributed by atoms with van der Waals surface area (Å²) in [6, 6.07) is 17.7. The van der Waals surface area contributed by atoms with Crippen LogP contribution in [0.4, 0.5) is 0 Å². The molecule has 2 heterocycles. The molecule has 0 spiro atoms. The Morgan fingerprint density at radius 2 is 2.00 bits per heavy atom. The van der Waals surface area contributed by atoms with Crippen molar-refractivity contribution in [3.63, 3.8) is 0 Å². The molecule has 7 heteroatoms. The molecule has 6 nitrogen and oxygen atoms in total. The van der Waals surface area contributed by atoms with Crippen molar-refractivity contribution in [3.8, 4) is 16.5 Å². The van der Waals surface area contributed by atoms with Gasteiger partial charge in [-0.1, -0.05) is 41.6 Å². The number of fused-ring (bicyclic) bond motifs is 1. The largest absolute Gasteiger partial charge is 0.481 e. The number of hydrogen-bond donors (Lipinski definition) is 0. The highest BCUT2D eigenvalue weighted by Gasteiger charge is 2.23. The molecule has 2 aromatic carbocycles. The highest BCUT2D eigenvalue weighted by Crippen LogP contribution is 2.23. The fourth-order valence-corrected chi connectivity index (χ4v) is 3.74. The SMILES string of the molecule is CCN(Cc1nc(-c2cccs2)no1)C(=O)[C@H](C)Oc1ccc2ccccc2c1. The first-order valence-corrected chi connectivity index (χ1v) is 10.3. The maximum atomic E-state index is 12.9. The van der Waals surface area contributed by atoms with E-state index in [-0.39, 0.29) is 12.5 Å². The molecule has 0 aliphatic carbocycles. The zero-order chi connectivity index (χ0) is 20.2. The van der Waals surface area contributed by atoms with Crippen LogP contribution in [0.25, 0.3) is 21.5 Å². The molecule has 148 valence electrons. The summed E-state index contributed by atoms with van der Waals surface area (Å²) in [6.07, 6.45) is -0.629. The standard InChI is InChI=1S/C22H21N3O3S/c1-3-25(14-20-23-21(24-28-20)19-9-6-12-29-19)22(26)15(2)27-18-11-10-16-7-4-5-8-17(16)13-18/h4-13,15H,3,14H2,1-2H3/t15-/m0/s1. The Morgan fingerprint density at radius 3 is 2.76 bits per heavy atom. The zero-order valence-electron chi connectivity index (χ0n) is 16.2. The highest BCUT2D eigenvalue weighted by molar-refractivity contribution is 7.13. The van der Waals surface area contributed by atoms with E-state index in [1.54, 1.807) is 23.2 Å². The lowest BCUT2D eigenvalue weighted by molar-refractivity contribution is -0.138. The molecule has 1 atom stereocenters. The van der Waals surface area contributed by atoms with Crippen LogP contribution in [0.1, 0.15) is 19.7 Å². The van der Waals surface area contributed by atoms with Crippen LogP contribution in [0.3, 0.4) is 0 Å². The Balaban J connectivity index is 1.43. The summed E-state index contributed by atoms with van der Waals surface area (Å²) in [7, 11) is 0. The van der Waals surface area contributed by atoms with Crippen molar-refractivity contribution in [1.82, 2.24) is 15.0 Å². The molecule has 1 amide bonds. The minimum absolute atomic E-state index is 0.128. The van der Waals surface area contributed by atoms with E-state index in [0.29, 0.717) is 24.0 Å². The average molecular weight is 407 g/mol. The number of hydrogen-bond acceptors (Lipinski definition) is 6. The van der Waals surface area contributed by atoms with Gasteiger partial charge in [-0.15, -0.1) is 11.3 Å². The van der Waals surface area contributed by atoms with Crippen molar-refractivity contribution in [2.24, 2.45) is 0 Å². The predicted molar refractivity (Wildman–Crippen MR) is 113 cm³/mol. The normalized spacial score (nSPS) is 12.1. The number of amides is 1. The summed E-state index contributed by atoms with van der Waals surface area (Å²) in [5.74, 6) is 1.48. The molecule has 0 bridgehead atoms. The molecule has 4 aromatic rings. The first-order chi connectivity index (χ1) is 14.1. The van der Waals surface area contributed by atoms with Crippen molar-refractivity contribution in [2.75, 3.05) is 6.54 Å². The molecule has 2 aromatic heterocycles.